The van der Waals surface area contributed by atoms with E-state index in [2.05, 4.69) is 37.9 Å². The lowest BCUT2D eigenvalue weighted by Crippen LogP contribution is -2.40. The van der Waals surface area contributed by atoms with Gasteiger partial charge in [-0.15, -0.1) is 0 Å². The van der Waals surface area contributed by atoms with Crippen LogP contribution < -0.4 is 5.32 Å². The average molecular weight is 280 g/mol. The number of nitrogens with one attached hydrogen (secondary N) is 1. The van der Waals surface area contributed by atoms with Gasteiger partial charge in [0.1, 0.15) is 0 Å². The van der Waals surface area contributed by atoms with Gasteiger partial charge in [-0.2, -0.15) is 0 Å². The summed E-state index contributed by atoms with van der Waals surface area (Å²) < 4.78 is 0. The zero-order valence-corrected chi connectivity index (χ0v) is 13.7. The second-order valence-corrected chi connectivity index (χ2v) is 7.10. The Hall–Kier alpha value is -0.570. The number of carbonyl (C=O) groups is 1. The molecule has 0 spiro atoms. The van der Waals surface area contributed by atoms with Crippen LogP contribution in [0.5, 0.6) is 0 Å². The van der Waals surface area contributed by atoms with Crippen molar-refractivity contribution in [1.82, 2.24) is 10.2 Å². The van der Waals surface area contributed by atoms with Crippen molar-refractivity contribution in [2.24, 2.45) is 11.8 Å². The molecule has 2 rings (SSSR count). The first-order valence-corrected chi connectivity index (χ1v) is 8.66. The second kappa shape index (κ2) is 6.93. The Kier molecular flexibility index (Phi) is 5.48. The Labute approximate surface area is 124 Å². The third kappa shape index (κ3) is 3.55. The van der Waals surface area contributed by atoms with E-state index >= 15 is 0 Å². The van der Waals surface area contributed by atoms with Crippen molar-refractivity contribution < 1.29 is 4.79 Å². The third-order valence-electron chi connectivity index (χ3n) is 4.72. The van der Waals surface area contributed by atoms with Gasteiger partial charge in [-0.25, -0.2) is 0 Å². The molecular weight excluding hydrogens is 248 g/mol. The molecule has 1 aliphatic carbocycles. The molecule has 0 aromatic heterocycles. The first-order valence-electron chi connectivity index (χ1n) is 8.66. The minimum absolute atomic E-state index is 0.0848. The van der Waals surface area contributed by atoms with Crippen LogP contribution in [0.2, 0.25) is 0 Å². The summed E-state index contributed by atoms with van der Waals surface area (Å²) in [6.07, 6.45) is 8.45. The van der Waals surface area contributed by atoms with Crippen LogP contribution in [0.3, 0.4) is 0 Å². The molecule has 0 aromatic rings. The van der Waals surface area contributed by atoms with Gasteiger partial charge in [-0.1, -0.05) is 47.0 Å². The first kappa shape index (κ1) is 15.8. The van der Waals surface area contributed by atoms with Crippen LogP contribution in [0.25, 0.3) is 0 Å². The zero-order chi connectivity index (χ0) is 14.7. The molecule has 1 N–H and O–H groups in total. The van der Waals surface area contributed by atoms with E-state index in [4.69, 9.17) is 0 Å². The lowest BCUT2D eigenvalue weighted by Gasteiger charge is -2.26. The van der Waals surface area contributed by atoms with Crippen molar-refractivity contribution in [2.75, 3.05) is 0 Å². The van der Waals surface area contributed by atoms with Crippen LogP contribution in [0.15, 0.2) is 0 Å². The summed E-state index contributed by atoms with van der Waals surface area (Å²) in [4.78, 5) is 14.9. The molecule has 3 heteroatoms. The normalized spacial score (nSPS) is 33.2. The Balaban J connectivity index is 1.99. The maximum Gasteiger partial charge on any atom is 0.241 e. The van der Waals surface area contributed by atoms with Gasteiger partial charge in [-0.3, -0.25) is 10.1 Å². The SMILES string of the molecule is CCCCC1NC(CC(C)C)N(C2CC2CCC)C1=O. The second-order valence-electron chi connectivity index (χ2n) is 7.10. The van der Waals surface area contributed by atoms with Crippen molar-refractivity contribution >= 4 is 5.91 Å². The smallest absolute Gasteiger partial charge is 0.241 e. The Bertz CT molecular complexity index is 329. The summed E-state index contributed by atoms with van der Waals surface area (Å²) >= 11 is 0. The van der Waals surface area contributed by atoms with Crippen LogP contribution in [0.4, 0.5) is 0 Å². The van der Waals surface area contributed by atoms with Crippen LogP contribution >= 0.6 is 0 Å². The van der Waals surface area contributed by atoms with Crippen molar-refractivity contribution in [2.45, 2.75) is 90.9 Å². The fourth-order valence-corrected chi connectivity index (χ4v) is 3.61. The van der Waals surface area contributed by atoms with Crippen LogP contribution in [-0.2, 0) is 4.79 Å². The topological polar surface area (TPSA) is 32.3 Å². The van der Waals surface area contributed by atoms with E-state index in [-0.39, 0.29) is 12.2 Å². The lowest BCUT2D eigenvalue weighted by atomic mass is 10.1. The highest BCUT2D eigenvalue weighted by molar-refractivity contribution is 5.85. The largest absolute Gasteiger partial charge is 0.323 e. The summed E-state index contributed by atoms with van der Waals surface area (Å²) in [6, 6.07) is 0.618. The molecule has 2 fully saturated rings. The number of nitrogens with zero attached hydrogens (tertiary/aromatic N) is 1. The number of carbonyl (C=O) groups excluding carboxylic acids is 1. The number of rotatable bonds is 8. The maximum absolute atomic E-state index is 12.7. The van der Waals surface area contributed by atoms with Gasteiger partial charge < -0.3 is 4.90 Å². The predicted molar refractivity (Wildman–Crippen MR) is 83.3 cm³/mol. The molecular formula is C17H32N2O. The van der Waals surface area contributed by atoms with E-state index in [9.17, 15) is 4.79 Å². The molecule has 20 heavy (non-hydrogen) atoms. The van der Waals surface area contributed by atoms with Crippen LogP contribution in [0, 0.1) is 11.8 Å². The van der Waals surface area contributed by atoms with Crippen molar-refractivity contribution in [3.05, 3.63) is 0 Å². The summed E-state index contributed by atoms with van der Waals surface area (Å²) in [7, 11) is 0. The van der Waals surface area contributed by atoms with E-state index in [0.717, 1.165) is 25.2 Å². The van der Waals surface area contributed by atoms with E-state index in [1.54, 1.807) is 0 Å². The van der Waals surface area contributed by atoms with E-state index < -0.39 is 0 Å². The minimum Gasteiger partial charge on any atom is -0.323 e. The van der Waals surface area contributed by atoms with Gasteiger partial charge >= 0.3 is 0 Å². The highest BCUT2D eigenvalue weighted by atomic mass is 16.2. The molecule has 0 bridgehead atoms. The Morgan fingerprint density at radius 1 is 1.25 bits per heavy atom. The van der Waals surface area contributed by atoms with E-state index in [0.29, 0.717) is 17.9 Å². The molecule has 116 valence electrons. The molecule has 1 saturated carbocycles. The Morgan fingerprint density at radius 3 is 2.60 bits per heavy atom. The standard InChI is InChI=1S/C17H32N2O/c1-5-7-9-14-17(20)19(15-11-13(15)8-6-2)16(18-14)10-12(3)4/h12-16,18H,5-11H2,1-4H3. The molecule has 1 aliphatic heterocycles. The number of hydrogen-bond acceptors (Lipinski definition) is 2. The summed E-state index contributed by atoms with van der Waals surface area (Å²) in [5.41, 5.74) is 0. The van der Waals surface area contributed by atoms with Crippen molar-refractivity contribution in [1.29, 1.82) is 0 Å². The fourth-order valence-electron chi connectivity index (χ4n) is 3.61. The van der Waals surface area contributed by atoms with Crippen molar-refractivity contribution in [3.63, 3.8) is 0 Å². The number of amides is 1. The van der Waals surface area contributed by atoms with E-state index in [1.165, 1.54) is 25.7 Å². The van der Waals surface area contributed by atoms with Crippen LogP contribution in [-0.4, -0.2) is 29.1 Å². The van der Waals surface area contributed by atoms with Gasteiger partial charge in [0.05, 0.1) is 12.2 Å². The van der Waals surface area contributed by atoms with Gasteiger partial charge in [0.2, 0.25) is 5.91 Å². The molecule has 0 aromatic carbocycles. The predicted octanol–water partition coefficient (Wildman–Crippen LogP) is 3.54. The number of hydrogen-bond donors (Lipinski definition) is 1. The molecule has 4 atom stereocenters. The molecule has 1 heterocycles. The number of unbranched alkanes of at least 4 members (excludes halogenated alkanes) is 1. The minimum atomic E-state index is 0.0848. The highest BCUT2D eigenvalue weighted by Crippen LogP contribution is 2.42. The summed E-state index contributed by atoms with van der Waals surface area (Å²) in [5, 5.41) is 3.62. The lowest BCUT2D eigenvalue weighted by molar-refractivity contribution is -0.131. The quantitative estimate of drug-likeness (QED) is 0.737. The maximum atomic E-state index is 12.7. The van der Waals surface area contributed by atoms with E-state index in [1.807, 2.05) is 0 Å². The average Bonchev–Trinajstić information content (AvgIpc) is 3.06. The fraction of sp³-hybridized carbons (Fsp3) is 0.941. The first-order chi connectivity index (χ1) is 9.58. The highest BCUT2D eigenvalue weighted by Gasteiger charge is 2.50. The summed E-state index contributed by atoms with van der Waals surface area (Å²) in [6.45, 7) is 8.94. The molecule has 1 amide bonds. The molecule has 4 unspecified atom stereocenters. The summed E-state index contributed by atoms with van der Waals surface area (Å²) in [5.74, 6) is 1.79. The Morgan fingerprint density at radius 2 is 2.00 bits per heavy atom. The van der Waals surface area contributed by atoms with Crippen LogP contribution in [0.1, 0.15) is 72.6 Å². The zero-order valence-electron chi connectivity index (χ0n) is 13.7. The van der Waals surface area contributed by atoms with Gasteiger partial charge in [0, 0.05) is 6.04 Å². The molecule has 2 aliphatic rings. The molecule has 0 radical (unpaired) electrons. The van der Waals surface area contributed by atoms with Gasteiger partial charge in [-0.05, 0) is 37.5 Å². The third-order valence-corrected chi connectivity index (χ3v) is 4.72. The van der Waals surface area contributed by atoms with Gasteiger partial charge in [0.25, 0.3) is 0 Å². The molecule has 1 saturated heterocycles. The van der Waals surface area contributed by atoms with Crippen molar-refractivity contribution in [3.8, 4) is 0 Å². The molecule has 3 nitrogen and oxygen atoms in total. The monoisotopic (exact) mass is 280 g/mol. The van der Waals surface area contributed by atoms with Gasteiger partial charge in [0.15, 0.2) is 0 Å².